The molecule has 4 aromatic rings. The first-order valence-corrected chi connectivity index (χ1v) is 14.1. The first-order valence-electron chi connectivity index (χ1n) is 14.1. The molecule has 0 radical (unpaired) electrons. The molecule has 0 unspecified atom stereocenters. The van der Waals surface area contributed by atoms with Crippen molar-refractivity contribution in [1.82, 2.24) is 4.90 Å². The Balaban J connectivity index is 0.000000453. The zero-order valence-electron chi connectivity index (χ0n) is 25.5. The minimum Gasteiger partial charge on any atom is -0.507 e. The van der Waals surface area contributed by atoms with Gasteiger partial charge in [0, 0.05) is 38.9 Å². The van der Waals surface area contributed by atoms with Crippen LogP contribution in [-0.2, 0) is 38.7 Å². The molecule has 0 aliphatic heterocycles. The summed E-state index contributed by atoms with van der Waals surface area (Å²) in [4.78, 5) is 2.25. The first kappa shape index (κ1) is 36.1. The van der Waals surface area contributed by atoms with E-state index in [1.54, 1.807) is 0 Å². The van der Waals surface area contributed by atoms with Gasteiger partial charge >= 0.3 is 0 Å². The average molecular weight is 716 g/mol. The number of benzene rings is 4. The summed E-state index contributed by atoms with van der Waals surface area (Å²) in [5, 5.41) is 20.9. The molecule has 4 rings (SSSR count). The van der Waals surface area contributed by atoms with Crippen molar-refractivity contribution in [2.45, 2.75) is 52.4 Å². The number of phenolic OH excluding ortho intramolecular Hbond substituents is 2. The summed E-state index contributed by atoms with van der Waals surface area (Å²) >= 11 is 0. The molecule has 41 heavy (non-hydrogen) atoms. The Morgan fingerprint density at radius 1 is 0.561 bits per heavy atom. The number of hydrogen-bond donors (Lipinski definition) is 2. The fourth-order valence-electron chi connectivity index (χ4n) is 4.25. The largest absolute Gasteiger partial charge is 0.507 e. The van der Waals surface area contributed by atoms with E-state index in [4.69, 9.17) is 0 Å². The van der Waals surface area contributed by atoms with E-state index >= 15 is 0 Å². The Hall–Kier alpha value is -2.95. The molecule has 3 nitrogen and oxygen atoms in total. The quantitative estimate of drug-likeness (QED) is 0.142. The SMILES string of the molecule is CC(C)c1cccc(CCN(C)CCc2cccc(C(C)C)c2O)c1O.[CH2-]c1ccccc1.[CH2-]c1ccccc1.[Hf]. The molecule has 0 aliphatic rings. The second-order valence-electron chi connectivity index (χ2n) is 10.8. The van der Waals surface area contributed by atoms with Crippen LogP contribution in [0.1, 0.15) is 72.9 Å². The third-order valence-electron chi connectivity index (χ3n) is 6.76. The van der Waals surface area contributed by atoms with Crippen LogP contribution in [0.4, 0.5) is 0 Å². The first-order chi connectivity index (χ1) is 19.1. The monoisotopic (exact) mass is 717 g/mol. The Labute approximate surface area is 268 Å². The number of nitrogens with zero attached hydrogens (tertiary/aromatic N) is 1. The molecular weight excluding hydrogens is 669 g/mol. The average Bonchev–Trinajstić information content (AvgIpc) is 2.93. The summed E-state index contributed by atoms with van der Waals surface area (Å²) in [7, 11) is 2.09. The van der Waals surface area contributed by atoms with Crippen molar-refractivity contribution in [3.8, 4) is 11.5 Å². The Bertz CT molecular complexity index is 1160. The Kier molecular flexibility index (Phi) is 16.9. The van der Waals surface area contributed by atoms with Gasteiger partial charge < -0.3 is 15.1 Å². The summed E-state index contributed by atoms with van der Waals surface area (Å²) in [6, 6.07) is 31.8. The molecule has 0 heterocycles. The van der Waals surface area contributed by atoms with Crippen LogP contribution in [0.3, 0.4) is 0 Å². The van der Waals surface area contributed by atoms with Crippen molar-refractivity contribution in [1.29, 1.82) is 0 Å². The third kappa shape index (κ3) is 13.1. The van der Waals surface area contributed by atoms with Crippen LogP contribution >= 0.6 is 0 Å². The molecule has 0 fully saturated rings. The van der Waals surface area contributed by atoms with Gasteiger partial charge in [-0.1, -0.05) is 76.2 Å². The predicted molar refractivity (Wildman–Crippen MR) is 171 cm³/mol. The van der Waals surface area contributed by atoms with Gasteiger partial charge in [0.1, 0.15) is 11.5 Å². The molecule has 2 N–H and O–H groups in total. The summed E-state index contributed by atoms with van der Waals surface area (Å²) < 4.78 is 0. The van der Waals surface area contributed by atoms with Crippen molar-refractivity contribution in [3.63, 3.8) is 0 Å². The third-order valence-corrected chi connectivity index (χ3v) is 6.76. The summed E-state index contributed by atoms with van der Waals surface area (Å²) in [5.74, 6) is 1.53. The van der Waals surface area contributed by atoms with Crippen LogP contribution in [0.5, 0.6) is 11.5 Å². The maximum atomic E-state index is 10.4. The maximum Gasteiger partial charge on any atom is 0.122 e. The van der Waals surface area contributed by atoms with Gasteiger partial charge in [0.05, 0.1) is 0 Å². The fourth-order valence-corrected chi connectivity index (χ4v) is 4.25. The van der Waals surface area contributed by atoms with Crippen LogP contribution in [0.25, 0.3) is 0 Å². The smallest absolute Gasteiger partial charge is 0.122 e. The van der Waals surface area contributed by atoms with Gasteiger partial charge in [-0.25, -0.2) is 0 Å². The molecular formula is C37H47HfNO2-2. The molecule has 0 aliphatic carbocycles. The van der Waals surface area contributed by atoms with Crippen molar-refractivity contribution in [3.05, 3.63) is 144 Å². The topological polar surface area (TPSA) is 43.7 Å². The van der Waals surface area contributed by atoms with Crippen LogP contribution in [0, 0.1) is 13.8 Å². The van der Waals surface area contributed by atoms with Crippen LogP contribution in [0.15, 0.2) is 97.1 Å². The standard InChI is InChI=1S/C23H33NO2.2C7H7.Hf/c1-16(2)20-10-6-8-18(22(20)25)12-14-24(5)15-13-19-9-7-11-21(17(3)4)23(19)26;2*1-7-5-3-2-4-6-7;/h6-11,16-17,25-26H,12-15H2,1-5H3;2*2-6H,1H2;/q;2*-1;. The number of aromatic hydroxyl groups is 2. The second-order valence-corrected chi connectivity index (χ2v) is 10.8. The molecule has 4 heteroatoms. The molecule has 0 saturated heterocycles. The van der Waals surface area contributed by atoms with E-state index in [2.05, 4.69) is 53.5 Å². The zero-order chi connectivity index (χ0) is 29.5. The van der Waals surface area contributed by atoms with E-state index in [0.717, 1.165) is 59.3 Å². The fraction of sp³-hybridized carbons (Fsp3) is 0.297. The normalized spacial score (nSPS) is 10.3. The molecule has 4 aromatic carbocycles. The van der Waals surface area contributed by atoms with Gasteiger partial charge in [0.2, 0.25) is 0 Å². The van der Waals surface area contributed by atoms with Crippen molar-refractivity contribution in [2.75, 3.05) is 20.1 Å². The number of likely N-dealkylation sites (N-methyl/N-ethyl adjacent to an activating group) is 1. The molecule has 0 spiro atoms. The van der Waals surface area contributed by atoms with E-state index < -0.39 is 0 Å². The van der Waals surface area contributed by atoms with Gasteiger partial charge in [0.25, 0.3) is 0 Å². The van der Waals surface area contributed by atoms with Gasteiger partial charge in [-0.15, -0.1) is 24.3 Å². The minimum absolute atomic E-state index is 0. The van der Waals surface area contributed by atoms with E-state index in [1.807, 2.05) is 97.1 Å². The maximum absolute atomic E-state index is 10.4. The summed E-state index contributed by atoms with van der Waals surface area (Å²) in [5.41, 5.74) is 6.19. The minimum atomic E-state index is 0. The number of para-hydroxylation sites is 2. The van der Waals surface area contributed by atoms with Gasteiger partial charge in [-0.05, 0) is 54.0 Å². The van der Waals surface area contributed by atoms with Crippen molar-refractivity contribution < 1.29 is 36.1 Å². The molecule has 0 saturated carbocycles. The van der Waals surface area contributed by atoms with Crippen molar-refractivity contribution >= 4 is 0 Å². The van der Waals surface area contributed by atoms with Crippen LogP contribution < -0.4 is 0 Å². The number of rotatable bonds is 8. The van der Waals surface area contributed by atoms with Gasteiger partial charge in [-0.3, -0.25) is 0 Å². The molecule has 0 aromatic heterocycles. The second kappa shape index (κ2) is 19.2. The number of phenols is 2. The van der Waals surface area contributed by atoms with E-state index in [9.17, 15) is 10.2 Å². The van der Waals surface area contributed by atoms with Crippen LogP contribution in [-0.4, -0.2) is 35.3 Å². The van der Waals surface area contributed by atoms with E-state index in [0.29, 0.717) is 23.3 Å². The van der Waals surface area contributed by atoms with Gasteiger partial charge in [-0.2, -0.15) is 49.2 Å². The van der Waals surface area contributed by atoms with Crippen molar-refractivity contribution in [2.24, 2.45) is 0 Å². The Morgan fingerprint density at radius 3 is 1.17 bits per heavy atom. The predicted octanol–water partition coefficient (Wildman–Crippen LogP) is 8.80. The summed E-state index contributed by atoms with van der Waals surface area (Å²) in [6.45, 7) is 17.6. The van der Waals surface area contributed by atoms with Gasteiger partial charge in [0.15, 0.2) is 0 Å². The Morgan fingerprint density at radius 2 is 0.902 bits per heavy atom. The molecule has 0 amide bonds. The summed E-state index contributed by atoms with van der Waals surface area (Å²) in [6.07, 6.45) is 1.64. The van der Waals surface area contributed by atoms with E-state index in [1.165, 1.54) is 0 Å². The molecule has 218 valence electrons. The number of hydrogen-bond acceptors (Lipinski definition) is 3. The van der Waals surface area contributed by atoms with Crippen LogP contribution in [0.2, 0.25) is 0 Å². The molecule has 0 atom stereocenters. The van der Waals surface area contributed by atoms with E-state index in [-0.39, 0.29) is 25.8 Å². The molecule has 0 bridgehead atoms. The zero-order valence-corrected chi connectivity index (χ0v) is 29.1.